The highest BCUT2D eigenvalue weighted by Crippen LogP contribution is 2.29. The van der Waals surface area contributed by atoms with Crippen molar-refractivity contribution in [2.75, 3.05) is 43.5 Å². The van der Waals surface area contributed by atoms with Crippen LogP contribution in [-0.4, -0.2) is 55.1 Å². The van der Waals surface area contributed by atoms with Crippen LogP contribution in [-0.2, 0) is 0 Å². The predicted molar refractivity (Wildman–Crippen MR) is 165 cm³/mol. The van der Waals surface area contributed by atoms with Gasteiger partial charge in [-0.3, -0.25) is 14.9 Å². The van der Waals surface area contributed by atoms with E-state index in [9.17, 15) is 9.59 Å². The van der Waals surface area contributed by atoms with Gasteiger partial charge in [0, 0.05) is 48.7 Å². The summed E-state index contributed by atoms with van der Waals surface area (Å²) in [6.07, 6.45) is 0. The Morgan fingerprint density at radius 2 is 1.59 bits per heavy atom. The third kappa shape index (κ3) is 6.82. The number of ether oxygens (including phenoxy) is 1. The number of carbonyl (C=O) groups is 2. The van der Waals surface area contributed by atoms with Crippen LogP contribution in [0, 0.1) is 0 Å². The van der Waals surface area contributed by atoms with E-state index in [1.54, 1.807) is 61.7 Å². The van der Waals surface area contributed by atoms with Crippen LogP contribution < -0.4 is 20.3 Å². The van der Waals surface area contributed by atoms with E-state index >= 15 is 0 Å². The minimum absolute atomic E-state index is 0.0163. The third-order valence-corrected chi connectivity index (χ3v) is 7.60. The smallest absolute Gasteiger partial charge is 0.293 e. The van der Waals surface area contributed by atoms with Crippen molar-refractivity contribution >= 4 is 63.7 Å². The largest absolute Gasteiger partial charge is 0.497 e. The SMILES string of the molecule is COc1ccc(C(=O)N2CCN(c3ccc(NC(=S)NC(=O)c4ccc(-c5ccc(Cl)c(Cl)c5)o4)cc3)CC2)cc1. The third-order valence-electron chi connectivity index (χ3n) is 6.66. The molecule has 11 heteroatoms. The standard InChI is InChI=1S/C30H26Cl2N4O4S/c1-39-23-9-2-19(3-10-23)29(38)36-16-14-35(15-17-36)22-7-5-21(6-8-22)33-30(41)34-28(37)27-13-12-26(40-27)20-4-11-24(31)25(32)18-20/h2-13,18H,14-17H2,1H3,(H2,33,34,37,41). The van der Waals surface area contributed by atoms with Crippen molar-refractivity contribution < 1.29 is 18.7 Å². The van der Waals surface area contributed by atoms with E-state index in [0.29, 0.717) is 40.0 Å². The summed E-state index contributed by atoms with van der Waals surface area (Å²) in [5.41, 5.74) is 3.11. The van der Waals surface area contributed by atoms with E-state index in [-0.39, 0.29) is 16.8 Å². The molecule has 1 aromatic heterocycles. The molecule has 0 bridgehead atoms. The van der Waals surface area contributed by atoms with Crippen LogP contribution in [0.2, 0.25) is 10.0 Å². The number of rotatable bonds is 6. The molecule has 0 radical (unpaired) electrons. The van der Waals surface area contributed by atoms with E-state index in [2.05, 4.69) is 15.5 Å². The van der Waals surface area contributed by atoms with Crippen LogP contribution in [0.3, 0.4) is 0 Å². The lowest BCUT2D eigenvalue weighted by Crippen LogP contribution is -2.48. The molecule has 210 valence electrons. The zero-order chi connectivity index (χ0) is 28.9. The van der Waals surface area contributed by atoms with Crippen molar-refractivity contribution in [1.82, 2.24) is 10.2 Å². The van der Waals surface area contributed by atoms with Gasteiger partial charge in [0.25, 0.3) is 11.8 Å². The van der Waals surface area contributed by atoms with Crippen molar-refractivity contribution in [3.05, 3.63) is 100 Å². The Balaban J connectivity index is 1.11. The van der Waals surface area contributed by atoms with Crippen molar-refractivity contribution in [1.29, 1.82) is 0 Å². The van der Waals surface area contributed by atoms with Crippen LogP contribution in [0.4, 0.5) is 11.4 Å². The number of anilines is 2. The van der Waals surface area contributed by atoms with Crippen LogP contribution in [0.15, 0.2) is 83.3 Å². The lowest BCUT2D eigenvalue weighted by molar-refractivity contribution is 0.0746. The second-order valence-corrected chi connectivity index (χ2v) is 10.5. The van der Waals surface area contributed by atoms with Crippen LogP contribution in [0.25, 0.3) is 11.3 Å². The molecular formula is C30H26Cl2N4O4S. The van der Waals surface area contributed by atoms with E-state index < -0.39 is 5.91 Å². The van der Waals surface area contributed by atoms with E-state index in [0.717, 1.165) is 30.2 Å². The van der Waals surface area contributed by atoms with Crippen LogP contribution in [0.5, 0.6) is 5.75 Å². The Hall–Kier alpha value is -4.05. The number of thiocarbonyl (C=S) groups is 1. The van der Waals surface area contributed by atoms with E-state index in [4.69, 9.17) is 44.6 Å². The number of nitrogens with one attached hydrogen (secondary N) is 2. The van der Waals surface area contributed by atoms with Gasteiger partial charge in [-0.05, 0) is 91.1 Å². The van der Waals surface area contributed by atoms with Gasteiger partial charge in [0.1, 0.15) is 11.5 Å². The minimum Gasteiger partial charge on any atom is -0.497 e. The van der Waals surface area contributed by atoms with Gasteiger partial charge in [-0.15, -0.1) is 0 Å². The Bertz CT molecular complexity index is 1570. The molecule has 2 heterocycles. The Labute approximate surface area is 252 Å². The molecule has 2 N–H and O–H groups in total. The maximum Gasteiger partial charge on any atom is 0.293 e. The number of nitrogens with zero attached hydrogens (tertiary/aromatic N) is 2. The van der Waals surface area contributed by atoms with Gasteiger partial charge in [0.15, 0.2) is 10.9 Å². The Kier molecular flexibility index (Phi) is 8.78. The fourth-order valence-electron chi connectivity index (χ4n) is 4.43. The van der Waals surface area contributed by atoms with Gasteiger partial charge in [-0.25, -0.2) is 0 Å². The van der Waals surface area contributed by atoms with Crippen LogP contribution >= 0.6 is 35.4 Å². The van der Waals surface area contributed by atoms with Gasteiger partial charge in [-0.1, -0.05) is 23.2 Å². The molecule has 41 heavy (non-hydrogen) atoms. The second kappa shape index (κ2) is 12.6. The maximum absolute atomic E-state index is 12.8. The van der Waals surface area contributed by atoms with Gasteiger partial charge < -0.3 is 24.3 Å². The van der Waals surface area contributed by atoms with Gasteiger partial charge in [0.05, 0.1) is 17.2 Å². The molecule has 1 fully saturated rings. The molecule has 4 aromatic rings. The number of benzene rings is 3. The summed E-state index contributed by atoms with van der Waals surface area (Å²) in [4.78, 5) is 29.6. The number of piperazine rings is 1. The first-order valence-corrected chi connectivity index (χ1v) is 13.9. The number of hydrogen-bond acceptors (Lipinski definition) is 6. The highest BCUT2D eigenvalue weighted by molar-refractivity contribution is 7.80. The first-order valence-electron chi connectivity index (χ1n) is 12.8. The topological polar surface area (TPSA) is 87.0 Å². The van der Waals surface area contributed by atoms with Crippen molar-refractivity contribution in [3.63, 3.8) is 0 Å². The fourth-order valence-corrected chi connectivity index (χ4v) is 4.94. The highest BCUT2D eigenvalue weighted by atomic mass is 35.5. The first-order chi connectivity index (χ1) is 19.8. The molecule has 0 unspecified atom stereocenters. The van der Waals surface area contributed by atoms with E-state index in [1.165, 1.54) is 0 Å². The molecule has 1 aliphatic heterocycles. The van der Waals surface area contributed by atoms with Gasteiger partial charge in [0.2, 0.25) is 0 Å². The monoisotopic (exact) mass is 608 g/mol. The first kappa shape index (κ1) is 28.5. The minimum atomic E-state index is -0.479. The number of halogens is 2. The normalized spacial score (nSPS) is 13.0. The summed E-state index contributed by atoms with van der Waals surface area (Å²) in [7, 11) is 1.60. The van der Waals surface area contributed by atoms with Gasteiger partial charge in [-0.2, -0.15) is 0 Å². The molecule has 5 rings (SSSR count). The molecule has 2 amide bonds. The average Bonchev–Trinajstić information content (AvgIpc) is 3.49. The lowest BCUT2D eigenvalue weighted by atomic mass is 10.1. The maximum atomic E-state index is 12.8. The average molecular weight is 610 g/mol. The van der Waals surface area contributed by atoms with Gasteiger partial charge >= 0.3 is 0 Å². The lowest BCUT2D eigenvalue weighted by Gasteiger charge is -2.36. The predicted octanol–water partition coefficient (Wildman–Crippen LogP) is 6.35. The molecule has 0 aliphatic carbocycles. The summed E-state index contributed by atoms with van der Waals surface area (Å²) in [6.45, 7) is 2.69. The van der Waals surface area contributed by atoms with E-state index in [1.807, 2.05) is 29.2 Å². The summed E-state index contributed by atoms with van der Waals surface area (Å²) in [6, 6.07) is 23.2. The quantitative estimate of drug-likeness (QED) is 0.247. The van der Waals surface area contributed by atoms with Crippen molar-refractivity contribution in [3.8, 4) is 17.1 Å². The molecule has 0 spiro atoms. The number of furan rings is 1. The Morgan fingerprint density at radius 1 is 0.878 bits per heavy atom. The molecular weight excluding hydrogens is 583 g/mol. The highest BCUT2D eigenvalue weighted by Gasteiger charge is 2.22. The number of amides is 2. The molecule has 0 atom stereocenters. The fraction of sp³-hybridized carbons (Fsp3) is 0.167. The molecule has 8 nitrogen and oxygen atoms in total. The van der Waals surface area contributed by atoms with Crippen molar-refractivity contribution in [2.24, 2.45) is 0 Å². The zero-order valence-corrected chi connectivity index (χ0v) is 24.4. The zero-order valence-electron chi connectivity index (χ0n) is 22.0. The molecule has 3 aromatic carbocycles. The number of hydrogen-bond donors (Lipinski definition) is 2. The summed E-state index contributed by atoms with van der Waals surface area (Å²) in [5, 5.41) is 6.62. The molecule has 1 saturated heterocycles. The van der Waals surface area contributed by atoms with Crippen LogP contribution in [0.1, 0.15) is 20.9 Å². The molecule has 0 saturated carbocycles. The number of carbonyl (C=O) groups excluding carboxylic acids is 2. The Morgan fingerprint density at radius 3 is 2.24 bits per heavy atom. The second-order valence-electron chi connectivity index (χ2n) is 9.26. The summed E-state index contributed by atoms with van der Waals surface area (Å²) < 4.78 is 10.9. The molecule has 1 aliphatic rings. The number of methoxy groups -OCH3 is 1. The summed E-state index contributed by atoms with van der Waals surface area (Å²) >= 11 is 17.4. The van der Waals surface area contributed by atoms with Crippen molar-refractivity contribution in [2.45, 2.75) is 0 Å². The summed E-state index contributed by atoms with van der Waals surface area (Å²) in [5.74, 6) is 0.847.